The molecule has 0 unspecified atom stereocenters. The summed E-state index contributed by atoms with van der Waals surface area (Å²) >= 11 is 0. The molecule has 2 aromatic carbocycles. The van der Waals surface area contributed by atoms with Crippen molar-refractivity contribution >= 4 is 34.6 Å². The third kappa shape index (κ3) is 4.94. The Balaban J connectivity index is 1.74. The maximum absolute atomic E-state index is 12.6. The zero-order chi connectivity index (χ0) is 20.1. The summed E-state index contributed by atoms with van der Waals surface area (Å²) in [5.74, 6) is -0.500. The smallest absolute Gasteiger partial charge is 0.274 e. The minimum absolute atomic E-state index is 0.171. The highest BCUT2D eigenvalue weighted by molar-refractivity contribution is 6.03. The van der Waals surface area contributed by atoms with Gasteiger partial charge in [-0.25, -0.2) is 0 Å². The van der Waals surface area contributed by atoms with Gasteiger partial charge < -0.3 is 16.0 Å². The zero-order valence-electron chi connectivity index (χ0n) is 16.0. The van der Waals surface area contributed by atoms with E-state index < -0.39 is 0 Å². The number of aryl methyl sites for hydroxylation is 2. The number of nitrogens with zero attached hydrogens (tertiary/aromatic N) is 1. The molecule has 0 fully saturated rings. The molecular weight excluding hydrogens is 352 g/mol. The Morgan fingerprint density at radius 3 is 2.32 bits per heavy atom. The number of hydrogen-bond donors (Lipinski definition) is 3. The SMILES string of the molecule is CC(=O)Nc1cccc(NC(=O)c2cc(Nc3ccc(C)cc3C)ccn2)c1. The predicted molar refractivity (Wildman–Crippen MR) is 112 cm³/mol. The lowest BCUT2D eigenvalue weighted by molar-refractivity contribution is -0.114. The van der Waals surface area contributed by atoms with E-state index in [0.29, 0.717) is 17.1 Å². The summed E-state index contributed by atoms with van der Waals surface area (Å²) in [7, 11) is 0. The molecule has 1 heterocycles. The summed E-state index contributed by atoms with van der Waals surface area (Å²) in [6.07, 6.45) is 1.59. The number of amides is 2. The van der Waals surface area contributed by atoms with Gasteiger partial charge in [0.15, 0.2) is 0 Å². The summed E-state index contributed by atoms with van der Waals surface area (Å²) in [5.41, 5.74) is 5.55. The lowest BCUT2D eigenvalue weighted by atomic mass is 10.1. The van der Waals surface area contributed by atoms with E-state index in [-0.39, 0.29) is 11.8 Å². The first-order chi connectivity index (χ1) is 13.4. The molecule has 0 saturated carbocycles. The van der Waals surface area contributed by atoms with Crippen LogP contribution in [0.2, 0.25) is 0 Å². The van der Waals surface area contributed by atoms with Gasteiger partial charge in [-0.15, -0.1) is 0 Å². The van der Waals surface area contributed by atoms with E-state index in [0.717, 1.165) is 16.9 Å². The topological polar surface area (TPSA) is 83.1 Å². The summed E-state index contributed by atoms with van der Waals surface area (Å²) in [6, 6.07) is 16.6. The van der Waals surface area contributed by atoms with Crippen LogP contribution in [0.5, 0.6) is 0 Å². The minimum atomic E-state index is -0.329. The number of carbonyl (C=O) groups is 2. The van der Waals surface area contributed by atoms with Gasteiger partial charge in [-0.2, -0.15) is 0 Å². The van der Waals surface area contributed by atoms with Gasteiger partial charge in [0.1, 0.15) is 5.69 Å². The molecule has 1 aromatic heterocycles. The van der Waals surface area contributed by atoms with Crippen molar-refractivity contribution in [1.82, 2.24) is 4.98 Å². The number of benzene rings is 2. The largest absolute Gasteiger partial charge is 0.355 e. The Labute approximate surface area is 164 Å². The molecule has 6 nitrogen and oxygen atoms in total. The molecule has 3 N–H and O–H groups in total. The lowest BCUT2D eigenvalue weighted by Crippen LogP contribution is -2.14. The van der Waals surface area contributed by atoms with Gasteiger partial charge in [-0.05, 0) is 55.8 Å². The van der Waals surface area contributed by atoms with Gasteiger partial charge in [-0.1, -0.05) is 23.8 Å². The number of pyridine rings is 1. The molecule has 2 amide bonds. The van der Waals surface area contributed by atoms with Crippen LogP contribution in [0, 0.1) is 13.8 Å². The van der Waals surface area contributed by atoms with Crippen molar-refractivity contribution in [2.75, 3.05) is 16.0 Å². The number of anilines is 4. The predicted octanol–water partition coefficient (Wildman–Crippen LogP) is 4.65. The second-order valence-corrected chi connectivity index (χ2v) is 6.59. The van der Waals surface area contributed by atoms with Gasteiger partial charge in [0.2, 0.25) is 5.91 Å². The molecule has 0 aliphatic heterocycles. The van der Waals surface area contributed by atoms with Crippen LogP contribution in [0.3, 0.4) is 0 Å². The summed E-state index contributed by atoms with van der Waals surface area (Å²) in [4.78, 5) is 27.9. The molecule has 3 aromatic rings. The second kappa shape index (κ2) is 8.35. The van der Waals surface area contributed by atoms with Crippen LogP contribution in [0.15, 0.2) is 60.8 Å². The molecule has 0 aliphatic rings. The Kier molecular flexibility index (Phi) is 5.69. The van der Waals surface area contributed by atoms with Crippen LogP contribution >= 0.6 is 0 Å². The van der Waals surface area contributed by atoms with E-state index in [2.05, 4.69) is 27.0 Å². The highest BCUT2D eigenvalue weighted by Crippen LogP contribution is 2.22. The number of hydrogen-bond acceptors (Lipinski definition) is 4. The van der Waals surface area contributed by atoms with Crippen LogP contribution in [-0.4, -0.2) is 16.8 Å². The minimum Gasteiger partial charge on any atom is -0.355 e. The number of aromatic nitrogens is 1. The fourth-order valence-electron chi connectivity index (χ4n) is 2.81. The Hall–Kier alpha value is -3.67. The molecule has 142 valence electrons. The maximum Gasteiger partial charge on any atom is 0.274 e. The molecule has 0 aliphatic carbocycles. The molecule has 0 bridgehead atoms. The standard InChI is InChI=1S/C22H22N4O2/c1-14-7-8-20(15(2)11-14)25-19-9-10-23-21(13-19)22(28)26-18-6-4-5-17(12-18)24-16(3)27/h4-13H,1-3H3,(H,23,25)(H,24,27)(H,26,28). The third-order valence-corrected chi connectivity index (χ3v) is 4.09. The summed E-state index contributed by atoms with van der Waals surface area (Å²) in [6.45, 7) is 5.52. The fourth-order valence-corrected chi connectivity index (χ4v) is 2.81. The van der Waals surface area contributed by atoms with Crippen molar-refractivity contribution < 1.29 is 9.59 Å². The highest BCUT2D eigenvalue weighted by atomic mass is 16.2. The first kappa shape index (κ1) is 19.1. The van der Waals surface area contributed by atoms with Crippen molar-refractivity contribution in [2.45, 2.75) is 20.8 Å². The fraction of sp³-hybridized carbons (Fsp3) is 0.136. The number of rotatable bonds is 5. The average molecular weight is 374 g/mol. The van der Waals surface area contributed by atoms with Crippen LogP contribution in [0.25, 0.3) is 0 Å². The van der Waals surface area contributed by atoms with Gasteiger partial charge in [0.05, 0.1) is 0 Å². The molecule has 0 radical (unpaired) electrons. The third-order valence-electron chi connectivity index (χ3n) is 4.09. The van der Waals surface area contributed by atoms with E-state index in [4.69, 9.17) is 0 Å². The van der Waals surface area contributed by atoms with Gasteiger partial charge in [0.25, 0.3) is 5.91 Å². The van der Waals surface area contributed by atoms with E-state index in [9.17, 15) is 9.59 Å². The Bertz CT molecular complexity index is 1030. The van der Waals surface area contributed by atoms with Crippen molar-refractivity contribution in [3.8, 4) is 0 Å². The van der Waals surface area contributed by atoms with Gasteiger partial charge in [-0.3, -0.25) is 14.6 Å². The van der Waals surface area contributed by atoms with E-state index in [1.54, 1.807) is 36.5 Å². The van der Waals surface area contributed by atoms with Crippen molar-refractivity contribution in [3.63, 3.8) is 0 Å². The van der Waals surface area contributed by atoms with E-state index in [1.807, 2.05) is 32.0 Å². The molecule has 28 heavy (non-hydrogen) atoms. The zero-order valence-corrected chi connectivity index (χ0v) is 16.0. The van der Waals surface area contributed by atoms with Crippen molar-refractivity contribution in [2.24, 2.45) is 0 Å². The Morgan fingerprint density at radius 2 is 1.61 bits per heavy atom. The van der Waals surface area contributed by atoms with Gasteiger partial charge >= 0.3 is 0 Å². The first-order valence-corrected chi connectivity index (χ1v) is 8.90. The van der Waals surface area contributed by atoms with Gasteiger partial charge in [0, 0.05) is 35.9 Å². The monoisotopic (exact) mass is 374 g/mol. The van der Waals surface area contributed by atoms with Crippen molar-refractivity contribution in [3.05, 3.63) is 77.6 Å². The molecular formula is C22H22N4O2. The van der Waals surface area contributed by atoms with Crippen LogP contribution < -0.4 is 16.0 Å². The van der Waals surface area contributed by atoms with E-state index in [1.165, 1.54) is 12.5 Å². The molecule has 0 saturated heterocycles. The summed E-state index contributed by atoms with van der Waals surface area (Å²) in [5, 5.41) is 8.81. The highest BCUT2D eigenvalue weighted by Gasteiger charge is 2.10. The quantitative estimate of drug-likeness (QED) is 0.607. The van der Waals surface area contributed by atoms with Crippen LogP contribution in [0.4, 0.5) is 22.7 Å². The van der Waals surface area contributed by atoms with Crippen LogP contribution in [0.1, 0.15) is 28.5 Å². The first-order valence-electron chi connectivity index (χ1n) is 8.90. The molecule has 0 atom stereocenters. The van der Waals surface area contributed by atoms with E-state index >= 15 is 0 Å². The lowest BCUT2D eigenvalue weighted by Gasteiger charge is -2.11. The molecule has 6 heteroatoms. The van der Waals surface area contributed by atoms with Crippen molar-refractivity contribution in [1.29, 1.82) is 0 Å². The van der Waals surface area contributed by atoms with Crippen LogP contribution in [-0.2, 0) is 4.79 Å². The molecule has 0 spiro atoms. The average Bonchev–Trinajstić information content (AvgIpc) is 2.64. The molecule has 3 rings (SSSR count). The maximum atomic E-state index is 12.6. The number of carbonyl (C=O) groups excluding carboxylic acids is 2. The number of nitrogens with one attached hydrogen (secondary N) is 3. The normalized spacial score (nSPS) is 10.2. The Morgan fingerprint density at radius 1 is 0.857 bits per heavy atom. The summed E-state index contributed by atoms with van der Waals surface area (Å²) < 4.78 is 0. The second-order valence-electron chi connectivity index (χ2n) is 6.59.